The summed E-state index contributed by atoms with van der Waals surface area (Å²) in [5.41, 5.74) is 1.82. The lowest BCUT2D eigenvalue weighted by Gasteiger charge is -2.34. The van der Waals surface area contributed by atoms with Crippen molar-refractivity contribution in [2.75, 3.05) is 45.9 Å². The van der Waals surface area contributed by atoms with Crippen molar-refractivity contribution in [2.45, 2.75) is 39.3 Å². The molecular weight excluding hydrogens is 351 g/mol. The van der Waals surface area contributed by atoms with Crippen LogP contribution in [0.3, 0.4) is 0 Å². The van der Waals surface area contributed by atoms with Crippen molar-refractivity contribution in [3.05, 3.63) is 17.0 Å². The Kier molecular flexibility index (Phi) is 7.45. The summed E-state index contributed by atoms with van der Waals surface area (Å²) in [6, 6.07) is 0. The number of carbonyl (C=O) groups is 1. The van der Waals surface area contributed by atoms with E-state index in [4.69, 9.17) is 4.52 Å². The average Bonchev–Trinajstić information content (AvgIpc) is 2.90. The summed E-state index contributed by atoms with van der Waals surface area (Å²) in [7, 11) is 0. The van der Waals surface area contributed by atoms with Crippen LogP contribution < -0.4 is 0 Å². The van der Waals surface area contributed by atoms with Crippen LogP contribution in [0.5, 0.6) is 0 Å². The van der Waals surface area contributed by atoms with Gasteiger partial charge in [0.05, 0.1) is 5.69 Å². The lowest BCUT2D eigenvalue weighted by atomic mass is 10.1. The van der Waals surface area contributed by atoms with E-state index < -0.39 is 12.8 Å². The molecule has 0 aliphatic carbocycles. The first-order valence-electron chi connectivity index (χ1n) is 8.82. The van der Waals surface area contributed by atoms with Crippen molar-refractivity contribution in [3.8, 4) is 0 Å². The van der Waals surface area contributed by atoms with Crippen molar-refractivity contribution in [1.82, 2.24) is 15.0 Å². The third kappa shape index (κ3) is 6.60. The number of piperazine rings is 1. The van der Waals surface area contributed by atoms with Gasteiger partial charge in [-0.1, -0.05) is 5.16 Å². The van der Waals surface area contributed by atoms with Crippen LogP contribution in [0, 0.1) is 13.8 Å². The molecule has 1 aliphatic heterocycles. The highest BCUT2D eigenvalue weighted by molar-refractivity contribution is 5.76. The van der Waals surface area contributed by atoms with Crippen LogP contribution in [0.15, 0.2) is 4.52 Å². The fourth-order valence-corrected chi connectivity index (χ4v) is 3.05. The van der Waals surface area contributed by atoms with Gasteiger partial charge in [0, 0.05) is 51.3 Å². The smallest absolute Gasteiger partial charge is 0.372 e. The lowest BCUT2D eigenvalue weighted by molar-refractivity contribution is -0.174. The summed E-state index contributed by atoms with van der Waals surface area (Å²) in [6.07, 6.45) is -2.67. The summed E-state index contributed by atoms with van der Waals surface area (Å²) in [6.45, 7) is 6.04. The number of amides is 1. The minimum atomic E-state index is -4.27. The molecule has 0 N–H and O–H groups in total. The molecule has 1 aromatic heterocycles. The predicted molar refractivity (Wildman–Crippen MR) is 88.8 cm³/mol. The highest BCUT2D eigenvalue weighted by atomic mass is 19.4. The van der Waals surface area contributed by atoms with Crippen LogP contribution in [0.2, 0.25) is 0 Å². The molecule has 2 heterocycles. The summed E-state index contributed by atoms with van der Waals surface area (Å²) in [4.78, 5) is 16.3. The number of alkyl halides is 3. The third-order valence-electron chi connectivity index (χ3n) is 4.52. The normalized spacial score (nSPS) is 16.3. The first-order chi connectivity index (χ1) is 12.3. The van der Waals surface area contributed by atoms with Crippen LogP contribution in [0.25, 0.3) is 0 Å². The number of carbonyl (C=O) groups excluding carboxylic acids is 1. The minimum Gasteiger partial charge on any atom is -0.372 e. The molecule has 6 nitrogen and oxygen atoms in total. The molecule has 1 aliphatic rings. The van der Waals surface area contributed by atoms with Crippen LogP contribution in [0.1, 0.15) is 29.9 Å². The van der Waals surface area contributed by atoms with Crippen molar-refractivity contribution in [3.63, 3.8) is 0 Å². The Morgan fingerprint density at radius 1 is 1.23 bits per heavy atom. The molecule has 1 fully saturated rings. The Balaban J connectivity index is 1.61. The highest BCUT2D eigenvalue weighted by Gasteiger charge is 2.27. The van der Waals surface area contributed by atoms with Crippen molar-refractivity contribution in [2.24, 2.45) is 0 Å². The van der Waals surface area contributed by atoms with Gasteiger partial charge >= 0.3 is 6.18 Å². The number of hydrogen-bond acceptors (Lipinski definition) is 5. The van der Waals surface area contributed by atoms with E-state index in [1.54, 1.807) is 0 Å². The Labute approximate surface area is 151 Å². The zero-order valence-electron chi connectivity index (χ0n) is 15.3. The maximum atomic E-state index is 12.3. The first-order valence-corrected chi connectivity index (χ1v) is 8.82. The van der Waals surface area contributed by atoms with Crippen molar-refractivity contribution >= 4 is 5.91 Å². The molecule has 148 valence electrons. The molecule has 1 saturated heterocycles. The van der Waals surface area contributed by atoms with Gasteiger partial charge in [0.15, 0.2) is 0 Å². The van der Waals surface area contributed by atoms with Gasteiger partial charge in [0.25, 0.3) is 0 Å². The highest BCUT2D eigenvalue weighted by Crippen LogP contribution is 2.16. The Hall–Kier alpha value is -1.61. The monoisotopic (exact) mass is 377 g/mol. The van der Waals surface area contributed by atoms with E-state index in [1.807, 2.05) is 18.7 Å². The molecule has 1 aromatic rings. The van der Waals surface area contributed by atoms with E-state index in [0.29, 0.717) is 38.9 Å². The summed E-state index contributed by atoms with van der Waals surface area (Å²) < 4.78 is 45.6. The molecule has 26 heavy (non-hydrogen) atoms. The average molecular weight is 377 g/mol. The molecule has 2 rings (SSSR count). The molecule has 9 heteroatoms. The second-order valence-corrected chi connectivity index (χ2v) is 6.55. The van der Waals surface area contributed by atoms with E-state index >= 15 is 0 Å². The van der Waals surface area contributed by atoms with E-state index in [2.05, 4.69) is 14.8 Å². The molecule has 0 radical (unpaired) electrons. The zero-order chi connectivity index (χ0) is 19.2. The van der Waals surface area contributed by atoms with Crippen LogP contribution in [-0.4, -0.2) is 73.0 Å². The van der Waals surface area contributed by atoms with Gasteiger partial charge in [-0.2, -0.15) is 13.2 Å². The molecular formula is C17H26F3N3O3. The van der Waals surface area contributed by atoms with Crippen molar-refractivity contribution < 1.29 is 27.2 Å². The molecule has 0 aromatic carbocycles. The lowest BCUT2D eigenvalue weighted by Crippen LogP contribution is -2.49. The molecule has 0 spiro atoms. The molecule has 1 amide bonds. The number of hydrogen-bond donors (Lipinski definition) is 0. The zero-order valence-corrected chi connectivity index (χ0v) is 15.3. The Morgan fingerprint density at radius 2 is 1.92 bits per heavy atom. The van der Waals surface area contributed by atoms with Gasteiger partial charge in [-0.15, -0.1) is 0 Å². The Morgan fingerprint density at radius 3 is 2.50 bits per heavy atom. The largest absolute Gasteiger partial charge is 0.411 e. The Bertz CT molecular complexity index is 562. The SMILES string of the molecule is Cc1noc(C)c1CCC(=O)N1CCN(CCCOCC(F)(F)F)CC1. The second kappa shape index (κ2) is 9.36. The number of aryl methyl sites for hydroxylation is 2. The number of ether oxygens (including phenoxy) is 1. The number of rotatable bonds is 8. The van der Waals surface area contributed by atoms with Gasteiger partial charge in [-0.05, 0) is 26.7 Å². The van der Waals surface area contributed by atoms with Crippen LogP contribution in [-0.2, 0) is 16.0 Å². The van der Waals surface area contributed by atoms with Gasteiger partial charge < -0.3 is 14.2 Å². The van der Waals surface area contributed by atoms with Gasteiger partial charge in [-0.25, -0.2) is 0 Å². The topological polar surface area (TPSA) is 58.8 Å². The molecule has 0 atom stereocenters. The van der Waals surface area contributed by atoms with Gasteiger partial charge in [-0.3, -0.25) is 9.69 Å². The molecule has 0 bridgehead atoms. The molecule has 0 unspecified atom stereocenters. The summed E-state index contributed by atoms with van der Waals surface area (Å²) in [5, 5.41) is 3.89. The predicted octanol–water partition coefficient (Wildman–Crippen LogP) is 2.34. The number of aromatic nitrogens is 1. The molecule has 0 saturated carbocycles. The van der Waals surface area contributed by atoms with E-state index in [-0.39, 0.29) is 12.5 Å². The second-order valence-electron chi connectivity index (χ2n) is 6.55. The number of nitrogens with zero attached hydrogens (tertiary/aromatic N) is 3. The van der Waals surface area contributed by atoms with E-state index in [9.17, 15) is 18.0 Å². The standard InChI is InChI=1S/C17H26F3N3O3/c1-13-15(14(2)26-21-13)4-5-16(24)23-9-7-22(8-10-23)6-3-11-25-12-17(18,19)20/h3-12H2,1-2H3. The fraction of sp³-hybridized carbons (Fsp3) is 0.765. The summed E-state index contributed by atoms with van der Waals surface area (Å²) >= 11 is 0. The van der Waals surface area contributed by atoms with Gasteiger partial charge in [0.2, 0.25) is 5.91 Å². The van der Waals surface area contributed by atoms with E-state index in [0.717, 1.165) is 30.1 Å². The maximum Gasteiger partial charge on any atom is 0.411 e. The van der Waals surface area contributed by atoms with Crippen LogP contribution in [0.4, 0.5) is 13.2 Å². The first kappa shape index (κ1) is 20.7. The third-order valence-corrected chi connectivity index (χ3v) is 4.52. The van der Waals surface area contributed by atoms with Crippen molar-refractivity contribution in [1.29, 1.82) is 0 Å². The summed E-state index contributed by atoms with van der Waals surface area (Å²) in [5.74, 6) is 0.867. The minimum absolute atomic E-state index is 0.0933. The van der Waals surface area contributed by atoms with E-state index in [1.165, 1.54) is 0 Å². The fourth-order valence-electron chi connectivity index (χ4n) is 3.05. The van der Waals surface area contributed by atoms with Gasteiger partial charge in [0.1, 0.15) is 12.4 Å². The van der Waals surface area contributed by atoms with Crippen LogP contribution >= 0.6 is 0 Å². The number of halogens is 3. The maximum absolute atomic E-state index is 12.3. The quantitative estimate of drug-likeness (QED) is 0.651.